The molecule has 7 nitrogen and oxygen atoms in total. The zero-order valence-corrected chi connectivity index (χ0v) is 18.4. The number of nitrogens with one attached hydrogen (secondary N) is 1. The number of hydrogen-bond acceptors (Lipinski definition) is 5. The monoisotopic (exact) mass is 437 g/mol. The van der Waals surface area contributed by atoms with Gasteiger partial charge in [0.2, 0.25) is 5.91 Å². The molecule has 1 aromatic carbocycles. The van der Waals surface area contributed by atoms with E-state index in [1.54, 1.807) is 22.8 Å². The number of pyridine rings is 1. The highest BCUT2D eigenvalue weighted by molar-refractivity contribution is 6.30. The Labute approximate surface area is 185 Å². The summed E-state index contributed by atoms with van der Waals surface area (Å²) in [6.07, 6.45) is 2.79. The summed E-state index contributed by atoms with van der Waals surface area (Å²) < 4.78 is 6.99. The van der Waals surface area contributed by atoms with E-state index in [4.69, 9.17) is 16.1 Å². The molecular weight excluding hydrogens is 414 g/mol. The van der Waals surface area contributed by atoms with Crippen LogP contribution in [0.1, 0.15) is 43.6 Å². The van der Waals surface area contributed by atoms with Crippen LogP contribution in [0.3, 0.4) is 0 Å². The minimum absolute atomic E-state index is 0.0923. The first-order chi connectivity index (χ1) is 14.9. The Morgan fingerprint density at radius 2 is 1.94 bits per heavy atom. The van der Waals surface area contributed by atoms with Gasteiger partial charge in [0.1, 0.15) is 0 Å². The molecule has 1 amide bonds. The van der Waals surface area contributed by atoms with Gasteiger partial charge in [-0.1, -0.05) is 54.9 Å². The number of fused-ring (bicyclic) bond motifs is 1. The predicted molar refractivity (Wildman–Crippen MR) is 119 cm³/mol. The van der Waals surface area contributed by atoms with Gasteiger partial charge in [-0.3, -0.25) is 4.79 Å². The van der Waals surface area contributed by atoms with E-state index >= 15 is 0 Å². The Kier molecular flexibility index (Phi) is 6.04. The molecule has 0 unspecified atom stereocenters. The van der Waals surface area contributed by atoms with Gasteiger partial charge < -0.3 is 9.84 Å². The molecule has 31 heavy (non-hydrogen) atoms. The number of amides is 1. The normalized spacial score (nSPS) is 12.4. The lowest BCUT2D eigenvalue weighted by Crippen LogP contribution is -2.28. The summed E-state index contributed by atoms with van der Waals surface area (Å²) >= 11 is 6.01. The van der Waals surface area contributed by atoms with Gasteiger partial charge in [0.05, 0.1) is 18.0 Å². The lowest BCUT2D eigenvalue weighted by atomic mass is 9.96. The minimum atomic E-state index is -0.275. The van der Waals surface area contributed by atoms with E-state index in [0.717, 1.165) is 17.5 Å². The molecule has 0 saturated heterocycles. The zero-order chi connectivity index (χ0) is 22.0. The van der Waals surface area contributed by atoms with Gasteiger partial charge in [0.25, 0.3) is 5.89 Å². The Balaban J connectivity index is 1.37. The highest BCUT2D eigenvalue weighted by Gasteiger charge is 2.17. The summed E-state index contributed by atoms with van der Waals surface area (Å²) in [7, 11) is 0. The molecule has 0 radical (unpaired) electrons. The average molecular weight is 438 g/mol. The molecule has 0 aliphatic rings. The second-order valence-electron chi connectivity index (χ2n) is 8.04. The predicted octanol–water partition coefficient (Wildman–Crippen LogP) is 4.66. The van der Waals surface area contributed by atoms with Crippen molar-refractivity contribution in [2.45, 2.75) is 39.7 Å². The molecule has 1 N–H and O–H groups in total. The molecule has 160 valence electrons. The third-order valence-corrected chi connectivity index (χ3v) is 5.29. The summed E-state index contributed by atoms with van der Waals surface area (Å²) in [6.45, 7) is 6.45. The molecule has 0 aliphatic carbocycles. The van der Waals surface area contributed by atoms with Crippen LogP contribution in [0.5, 0.6) is 0 Å². The van der Waals surface area contributed by atoms with E-state index in [1.165, 1.54) is 5.56 Å². The first kappa shape index (κ1) is 21.1. The van der Waals surface area contributed by atoms with Crippen LogP contribution in [0.2, 0.25) is 5.02 Å². The van der Waals surface area contributed by atoms with Crippen molar-refractivity contribution in [2.75, 3.05) is 0 Å². The fourth-order valence-corrected chi connectivity index (χ4v) is 3.55. The first-order valence-electron chi connectivity index (χ1n) is 10.2. The molecule has 0 aliphatic heterocycles. The van der Waals surface area contributed by atoms with Crippen molar-refractivity contribution in [3.8, 4) is 11.6 Å². The van der Waals surface area contributed by atoms with Gasteiger partial charge in [-0.05, 0) is 48.6 Å². The molecule has 0 bridgehead atoms. The number of rotatable bonds is 7. The van der Waals surface area contributed by atoms with Crippen molar-refractivity contribution in [1.29, 1.82) is 0 Å². The fourth-order valence-electron chi connectivity index (χ4n) is 3.39. The summed E-state index contributed by atoms with van der Waals surface area (Å²) in [5.74, 6) is 0.911. The van der Waals surface area contributed by atoms with Crippen molar-refractivity contribution in [3.63, 3.8) is 0 Å². The molecule has 3 aromatic heterocycles. The maximum atomic E-state index is 12.6. The smallest absolute Gasteiger partial charge is 0.278 e. The van der Waals surface area contributed by atoms with Gasteiger partial charge in [-0.2, -0.15) is 10.1 Å². The van der Waals surface area contributed by atoms with Crippen LogP contribution >= 0.6 is 11.6 Å². The Hall–Kier alpha value is -3.19. The molecule has 0 spiro atoms. The van der Waals surface area contributed by atoms with E-state index in [1.807, 2.05) is 25.1 Å². The molecular formula is C23H24ClN5O2. The number of hydrogen-bond donors (Lipinski definition) is 1. The van der Waals surface area contributed by atoms with Crippen molar-refractivity contribution in [2.24, 2.45) is 5.92 Å². The summed E-state index contributed by atoms with van der Waals surface area (Å²) in [5.41, 5.74) is 3.62. The van der Waals surface area contributed by atoms with Crippen molar-refractivity contribution in [1.82, 2.24) is 25.1 Å². The number of aromatic nitrogens is 4. The van der Waals surface area contributed by atoms with Gasteiger partial charge in [0.15, 0.2) is 11.5 Å². The van der Waals surface area contributed by atoms with Crippen LogP contribution in [-0.4, -0.2) is 25.7 Å². The Bertz CT molecular complexity index is 1200. The topological polar surface area (TPSA) is 85.3 Å². The molecule has 4 aromatic rings. The van der Waals surface area contributed by atoms with E-state index in [9.17, 15) is 4.79 Å². The van der Waals surface area contributed by atoms with Crippen molar-refractivity contribution < 1.29 is 9.32 Å². The highest BCUT2D eigenvalue weighted by atomic mass is 35.5. The maximum Gasteiger partial charge on any atom is 0.278 e. The summed E-state index contributed by atoms with van der Waals surface area (Å²) in [6, 6.07) is 13.6. The number of nitrogens with zero attached hydrogens (tertiary/aromatic N) is 4. The standard InChI is InChI=1S/C23H24ClN5O2/c1-14(2)10-16-4-6-17(7-5-16)15(3)22(30)25-13-21-26-23(31-28-21)20-12-19-11-18(24)8-9-29(19)27-20/h4-9,11-12,14-15H,10,13H2,1-3H3,(H,25,30)/t15-/m0/s1. The third kappa shape index (κ3) is 4.94. The average Bonchev–Trinajstić information content (AvgIpc) is 3.38. The molecule has 0 fully saturated rings. The zero-order valence-electron chi connectivity index (χ0n) is 17.7. The van der Waals surface area contributed by atoms with Crippen molar-refractivity contribution in [3.05, 3.63) is 70.6 Å². The van der Waals surface area contributed by atoms with Crippen LogP contribution in [0, 0.1) is 5.92 Å². The summed E-state index contributed by atoms with van der Waals surface area (Å²) in [4.78, 5) is 16.9. The molecule has 1 atom stereocenters. The third-order valence-electron chi connectivity index (χ3n) is 5.05. The van der Waals surface area contributed by atoms with E-state index < -0.39 is 0 Å². The van der Waals surface area contributed by atoms with Crippen LogP contribution < -0.4 is 5.32 Å². The highest BCUT2D eigenvalue weighted by Crippen LogP contribution is 2.21. The Morgan fingerprint density at radius 3 is 2.68 bits per heavy atom. The van der Waals surface area contributed by atoms with Crippen molar-refractivity contribution >= 4 is 23.0 Å². The van der Waals surface area contributed by atoms with Gasteiger partial charge in [0, 0.05) is 11.2 Å². The lowest BCUT2D eigenvalue weighted by Gasteiger charge is -2.13. The van der Waals surface area contributed by atoms with Gasteiger partial charge in [-0.25, -0.2) is 4.52 Å². The molecule has 8 heteroatoms. The lowest BCUT2D eigenvalue weighted by molar-refractivity contribution is -0.122. The fraction of sp³-hybridized carbons (Fsp3) is 0.304. The summed E-state index contributed by atoms with van der Waals surface area (Å²) in [5, 5.41) is 11.8. The molecule has 0 saturated carbocycles. The first-order valence-corrected chi connectivity index (χ1v) is 10.6. The van der Waals surface area contributed by atoms with Gasteiger partial charge in [-0.15, -0.1) is 0 Å². The second kappa shape index (κ2) is 8.89. The van der Waals surface area contributed by atoms with Gasteiger partial charge >= 0.3 is 0 Å². The number of benzene rings is 1. The number of halogens is 1. The van der Waals surface area contributed by atoms with Crippen LogP contribution in [0.25, 0.3) is 17.1 Å². The quantitative estimate of drug-likeness (QED) is 0.454. The largest absolute Gasteiger partial charge is 0.348 e. The van der Waals surface area contributed by atoms with E-state index in [2.05, 4.69) is 46.5 Å². The second-order valence-corrected chi connectivity index (χ2v) is 8.48. The molecule has 3 heterocycles. The molecule has 4 rings (SSSR count). The van der Waals surface area contributed by atoms with Crippen LogP contribution in [-0.2, 0) is 17.8 Å². The number of carbonyl (C=O) groups is 1. The van der Waals surface area contributed by atoms with Crippen LogP contribution in [0.15, 0.2) is 53.2 Å². The SMILES string of the molecule is CC(C)Cc1ccc([C@H](C)C(=O)NCc2noc(-c3cc4cc(Cl)ccn4n3)n2)cc1. The minimum Gasteiger partial charge on any atom is -0.348 e. The van der Waals surface area contributed by atoms with E-state index in [0.29, 0.717) is 22.5 Å². The number of carbonyl (C=O) groups excluding carboxylic acids is 1. The maximum absolute atomic E-state index is 12.6. The van der Waals surface area contributed by atoms with E-state index in [-0.39, 0.29) is 24.3 Å². The Morgan fingerprint density at radius 1 is 1.16 bits per heavy atom. The van der Waals surface area contributed by atoms with Crippen LogP contribution in [0.4, 0.5) is 0 Å².